The predicted octanol–water partition coefficient (Wildman–Crippen LogP) is 3.64. The highest BCUT2D eigenvalue weighted by atomic mass is 35.5. The Balaban J connectivity index is 1.58. The fraction of sp³-hybridized carbons (Fsp3) is 0.343. The number of nitrogens with one attached hydrogen (secondary N) is 3. The number of rotatable bonds is 13. The van der Waals surface area contributed by atoms with E-state index >= 15 is 0 Å². The summed E-state index contributed by atoms with van der Waals surface area (Å²) in [6.45, 7) is 2.90. The molecule has 0 spiro atoms. The van der Waals surface area contributed by atoms with Gasteiger partial charge in [0, 0.05) is 32.9 Å². The van der Waals surface area contributed by atoms with Crippen molar-refractivity contribution in [1.82, 2.24) is 10.6 Å². The van der Waals surface area contributed by atoms with Crippen molar-refractivity contribution in [2.24, 2.45) is 0 Å². The Morgan fingerprint density at radius 2 is 1.44 bits per heavy atom. The highest BCUT2D eigenvalue weighted by molar-refractivity contribution is 6.39. The summed E-state index contributed by atoms with van der Waals surface area (Å²) < 4.78 is 21.4. The molecule has 1 saturated heterocycles. The van der Waals surface area contributed by atoms with Gasteiger partial charge in [-0.1, -0.05) is 77.8 Å². The molecular formula is C35H37Cl2N3O10. The lowest BCUT2D eigenvalue weighted by molar-refractivity contribution is -0.264. The zero-order valence-corrected chi connectivity index (χ0v) is 28.9. The van der Waals surface area contributed by atoms with E-state index in [1.807, 2.05) is 0 Å². The average molecular weight is 731 g/mol. The maximum Gasteiger partial charge on any atom is 0.303 e. The van der Waals surface area contributed by atoms with Crippen molar-refractivity contribution >= 4 is 64.3 Å². The van der Waals surface area contributed by atoms with Crippen molar-refractivity contribution in [2.75, 3.05) is 11.9 Å². The van der Waals surface area contributed by atoms with Gasteiger partial charge in [-0.15, -0.1) is 0 Å². The van der Waals surface area contributed by atoms with Gasteiger partial charge in [0.25, 0.3) is 0 Å². The number of amides is 2. The average Bonchev–Trinajstić information content (AvgIpc) is 3.05. The van der Waals surface area contributed by atoms with E-state index in [-0.39, 0.29) is 12.8 Å². The van der Waals surface area contributed by atoms with Gasteiger partial charge in [0.05, 0.1) is 22.2 Å². The van der Waals surface area contributed by atoms with E-state index in [4.69, 9.17) is 42.1 Å². The first-order chi connectivity index (χ1) is 23.8. The van der Waals surface area contributed by atoms with Crippen molar-refractivity contribution in [3.8, 4) is 0 Å². The number of benzene rings is 3. The van der Waals surface area contributed by atoms with Crippen LogP contribution in [0, 0.1) is 0 Å². The van der Waals surface area contributed by atoms with Gasteiger partial charge >= 0.3 is 17.9 Å². The highest BCUT2D eigenvalue weighted by Crippen LogP contribution is 2.34. The molecule has 0 saturated carbocycles. The number of anilines is 2. The molecule has 0 unspecified atom stereocenters. The number of ether oxygens (including phenoxy) is 4. The number of aliphatic hydroxyl groups excluding tert-OH is 1. The Morgan fingerprint density at radius 3 is 2.08 bits per heavy atom. The fourth-order valence-electron chi connectivity index (χ4n) is 5.36. The zero-order chi connectivity index (χ0) is 36.4. The summed E-state index contributed by atoms with van der Waals surface area (Å²) >= 11 is 12.7. The molecule has 15 heteroatoms. The third-order valence-electron chi connectivity index (χ3n) is 7.55. The molecule has 6 atom stereocenters. The van der Waals surface area contributed by atoms with Gasteiger partial charge in [0.1, 0.15) is 24.8 Å². The lowest BCUT2D eigenvalue weighted by atomic mass is 9.95. The van der Waals surface area contributed by atoms with Crippen LogP contribution in [-0.2, 0) is 55.8 Å². The lowest BCUT2D eigenvalue weighted by Crippen LogP contribution is -2.67. The maximum absolute atomic E-state index is 13.9. The number of halogens is 2. The van der Waals surface area contributed by atoms with E-state index in [1.54, 1.807) is 72.8 Å². The molecule has 266 valence electrons. The third-order valence-corrected chi connectivity index (χ3v) is 8.18. The van der Waals surface area contributed by atoms with Crippen LogP contribution in [0.2, 0.25) is 10.0 Å². The minimum absolute atomic E-state index is 0.0396. The molecule has 1 aliphatic rings. The molecular weight excluding hydrogens is 693 g/mol. The molecule has 0 aromatic heterocycles. The zero-order valence-electron chi connectivity index (χ0n) is 27.4. The van der Waals surface area contributed by atoms with Crippen LogP contribution >= 0.6 is 23.2 Å². The molecule has 0 aliphatic carbocycles. The van der Waals surface area contributed by atoms with Crippen LogP contribution in [0.15, 0.2) is 72.8 Å². The van der Waals surface area contributed by atoms with Crippen LogP contribution in [0.5, 0.6) is 0 Å². The minimum atomic E-state index is -1.81. The smallest absolute Gasteiger partial charge is 0.303 e. The monoisotopic (exact) mass is 729 g/mol. The molecule has 50 heavy (non-hydrogen) atoms. The van der Waals surface area contributed by atoms with E-state index in [0.717, 1.165) is 20.8 Å². The number of hydrogen-bond donors (Lipinski definition) is 4. The second-order valence-electron chi connectivity index (χ2n) is 11.4. The van der Waals surface area contributed by atoms with Crippen LogP contribution < -0.4 is 16.0 Å². The summed E-state index contributed by atoms with van der Waals surface area (Å²) in [7, 11) is 0. The Bertz CT molecular complexity index is 1670. The Labute approximate surface area is 298 Å². The second-order valence-corrected chi connectivity index (χ2v) is 12.2. The third kappa shape index (κ3) is 10.7. The van der Waals surface area contributed by atoms with Crippen LogP contribution in [0.1, 0.15) is 31.9 Å². The molecule has 0 bridgehead atoms. The van der Waals surface area contributed by atoms with Gasteiger partial charge in [-0.2, -0.15) is 0 Å². The Kier molecular flexibility index (Phi) is 13.6. The van der Waals surface area contributed by atoms with E-state index in [9.17, 15) is 29.1 Å². The SMILES string of the molecule is CC(=O)OC[C@H]1O[C@H](O)[C@H](NC(=O)[C@H](Cc2ccccc2)NC(=O)Cc2ccccc2Nc2c(Cl)cccc2Cl)[C@@H](OC(C)=O)[C@@H]1OC(C)=O. The van der Waals surface area contributed by atoms with E-state index in [1.165, 1.54) is 0 Å². The van der Waals surface area contributed by atoms with Crippen LogP contribution in [-0.4, -0.2) is 78.1 Å². The quantitative estimate of drug-likeness (QED) is 0.149. The summed E-state index contributed by atoms with van der Waals surface area (Å²) in [6.07, 6.45) is -6.02. The van der Waals surface area contributed by atoms with Gasteiger partial charge in [-0.25, -0.2) is 0 Å². The largest absolute Gasteiger partial charge is 0.463 e. The van der Waals surface area contributed by atoms with Gasteiger partial charge in [0.15, 0.2) is 18.5 Å². The van der Waals surface area contributed by atoms with Crippen molar-refractivity contribution < 1.29 is 48.0 Å². The Hall–Kier alpha value is -4.69. The number of carbonyl (C=O) groups excluding carboxylic acids is 5. The summed E-state index contributed by atoms with van der Waals surface area (Å²) in [5, 5.41) is 20.3. The molecule has 1 heterocycles. The van der Waals surface area contributed by atoms with Crippen LogP contribution in [0.4, 0.5) is 11.4 Å². The van der Waals surface area contributed by atoms with Crippen molar-refractivity contribution in [3.05, 3.63) is 94.0 Å². The summed E-state index contributed by atoms with van der Waals surface area (Å²) in [6, 6.07) is 18.3. The first-order valence-electron chi connectivity index (χ1n) is 15.6. The number of hydrogen-bond acceptors (Lipinski definition) is 11. The molecule has 1 aliphatic heterocycles. The normalized spacial score (nSPS) is 20.5. The second kappa shape index (κ2) is 17.8. The number of carbonyl (C=O) groups is 5. The van der Waals surface area contributed by atoms with Crippen LogP contribution in [0.25, 0.3) is 0 Å². The molecule has 2 amide bonds. The van der Waals surface area contributed by atoms with Crippen molar-refractivity contribution in [3.63, 3.8) is 0 Å². The van der Waals surface area contributed by atoms with Gasteiger partial charge in [0.2, 0.25) is 11.8 Å². The highest BCUT2D eigenvalue weighted by Gasteiger charge is 2.51. The van der Waals surface area contributed by atoms with E-state index < -0.39 is 73.0 Å². The summed E-state index contributed by atoms with van der Waals surface area (Å²) in [5.74, 6) is -3.55. The minimum Gasteiger partial charge on any atom is -0.463 e. The van der Waals surface area contributed by atoms with E-state index in [2.05, 4.69) is 16.0 Å². The van der Waals surface area contributed by atoms with Gasteiger partial charge < -0.3 is 40.0 Å². The molecule has 0 radical (unpaired) electrons. The Morgan fingerprint density at radius 1 is 0.820 bits per heavy atom. The van der Waals surface area contributed by atoms with Crippen LogP contribution in [0.3, 0.4) is 0 Å². The van der Waals surface area contributed by atoms with E-state index in [0.29, 0.717) is 32.5 Å². The lowest BCUT2D eigenvalue weighted by Gasteiger charge is -2.43. The van der Waals surface area contributed by atoms with Gasteiger partial charge in [-0.3, -0.25) is 24.0 Å². The maximum atomic E-state index is 13.9. The predicted molar refractivity (Wildman–Crippen MR) is 183 cm³/mol. The summed E-state index contributed by atoms with van der Waals surface area (Å²) in [4.78, 5) is 63.2. The van der Waals surface area contributed by atoms with Gasteiger partial charge in [-0.05, 0) is 29.3 Å². The standard InChI is InChI=1S/C35H37Cl2N3O10/c1-19(41)47-18-28-32(48-20(2)42)33(49-21(3)43)31(35(46)50-28)40-34(45)27(16-22-10-5-4-6-11-22)38-29(44)17-23-12-7-8-15-26(23)39-30-24(36)13-9-14-25(30)37/h4-15,27-28,31-33,35,39,46H,16-18H2,1-3H3,(H,38,44)(H,40,45)/t27-,28+,31+,32+,33+,35-/m0/s1. The molecule has 3 aromatic rings. The number of esters is 3. The molecule has 4 N–H and O–H groups in total. The molecule has 13 nitrogen and oxygen atoms in total. The number of aliphatic hydroxyl groups is 1. The first kappa shape index (κ1) is 38.1. The molecule has 4 rings (SSSR count). The van der Waals surface area contributed by atoms with Crippen molar-refractivity contribution in [2.45, 2.75) is 70.3 Å². The number of para-hydroxylation sites is 2. The summed E-state index contributed by atoms with van der Waals surface area (Å²) in [5.41, 5.74) is 2.31. The fourth-order valence-corrected chi connectivity index (χ4v) is 5.86. The molecule has 1 fully saturated rings. The first-order valence-corrected chi connectivity index (χ1v) is 16.3. The topological polar surface area (TPSA) is 179 Å². The van der Waals surface area contributed by atoms with Crippen molar-refractivity contribution in [1.29, 1.82) is 0 Å². The molecule has 3 aromatic carbocycles.